The zero-order valence-corrected chi connectivity index (χ0v) is 25.6. The van der Waals surface area contributed by atoms with E-state index in [4.69, 9.17) is 21.1 Å². The second-order valence-electron chi connectivity index (χ2n) is 12.4. The van der Waals surface area contributed by atoms with Crippen molar-refractivity contribution in [2.75, 3.05) is 0 Å². The van der Waals surface area contributed by atoms with Crippen molar-refractivity contribution in [1.82, 2.24) is 0 Å². The molecule has 0 bridgehead atoms. The standard InChI is InChI=1S/C36H37ClO5/c1-35(2,3)28-21-24(22-29(32(28)38)36(4,5)6)30(23-17-19-25(37)20-18-23)31(33(39)41-26-13-9-7-10-14-26)34(40)42-27-15-11-8-12-16-27/h7-22,30-31,38H,1-6H3/t30-/m1/s1. The van der Waals surface area contributed by atoms with Gasteiger partial charge in [-0.15, -0.1) is 0 Å². The smallest absolute Gasteiger partial charge is 0.326 e. The van der Waals surface area contributed by atoms with Crippen molar-refractivity contribution in [3.05, 3.63) is 124 Å². The highest BCUT2D eigenvalue weighted by Gasteiger charge is 2.42. The molecule has 0 aromatic heterocycles. The van der Waals surface area contributed by atoms with Gasteiger partial charge in [-0.25, -0.2) is 0 Å². The molecule has 1 atom stereocenters. The quantitative estimate of drug-likeness (QED) is 0.134. The molecule has 0 amide bonds. The molecule has 1 N–H and O–H groups in total. The van der Waals surface area contributed by atoms with Crippen LogP contribution in [-0.2, 0) is 20.4 Å². The fourth-order valence-electron chi connectivity index (χ4n) is 4.93. The summed E-state index contributed by atoms with van der Waals surface area (Å²) in [4.78, 5) is 28.1. The van der Waals surface area contributed by atoms with Gasteiger partial charge < -0.3 is 14.6 Å². The third-order valence-corrected chi connectivity index (χ3v) is 7.35. The summed E-state index contributed by atoms with van der Waals surface area (Å²) in [6.45, 7) is 12.1. The van der Waals surface area contributed by atoms with Gasteiger partial charge in [0.1, 0.15) is 17.2 Å². The van der Waals surface area contributed by atoms with Crippen LogP contribution < -0.4 is 9.47 Å². The van der Waals surface area contributed by atoms with Crippen molar-refractivity contribution >= 4 is 23.5 Å². The number of rotatable bonds is 7. The first kappa shape index (κ1) is 30.9. The fourth-order valence-corrected chi connectivity index (χ4v) is 5.06. The molecule has 0 saturated heterocycles. The summed E-state index contributed by atoms with van der Waals surface area (Å²) in [5.74, 6) is -2.91. The molecule has 4 aromatic carbocycles. The molecule has 0 aliphatic carbocycles. The molecule has 0 heterocycles. The van der Waals surface area contributed by atoms with E-state index in [0.717, 1.165) is 0 Å². The molecule has 0 unspecified atom stereocenters. The molecule has 0 aliphatic heterocycles. The van der Waals surface area contributed by atoms with Crippen LogP contribution in [0.4, 0.5) is 0 Å². The maximum Gasteiger partial charge on any atom is 0.326 e. The van der Waals surface area contributed by atoms with Crippen LogP contribution in [0.3, 0.4) is 0 Å². The van der Waals surface area contributed by atoms with E-state index in [1.54, 1.807) is 72.8 Å². The molecule has 0 fully saturated rings. The van der Waals surface area contributed by atoms with Crippen LogP contribution in [0.15, 0.2) is 97.1 Å². The van der Waals surface area contributed by atoms with Crippen molar-refractivity contribution in [1.29, 1.82) is 0 Å². The van der Waals surface area contributed by atoms with Gasteiger partial charge >= 0.3 is 11.9 Å². The summed E-state index contributed by atoms with van der Waals surface area (Å²) in [6.07, 6.45) is 0. The van der Waals surface area contributed by atoms with Crippen molar-refractivity contribution in [3.63, 3.8) is 0 Å². The lowest BCUT2D eigenvalue weighted by atomic mass is 9.73. The number of carbonyl (C=O) groups is 2. The Morgan fingerprint density at radius 3 is 1.43 bits per heavy atom. The van der Waals surface area contributed by atoms with Gasteiger partial charge in [0.05, 0.1) is 0 Å². The van der Waals surface area contributed by atoms with E-state index in [1.807, 2.05) is 65.8 Å². The first-order valence-electron chi connectivity index (χ1n) is 13.9. The minimum absolute atomic E-state index is 0.198. The highest BCUT2D eigenvalue weighted by atomic mass is 35.5. The average Bonchev–Trinajstić information content (AvgIpc) is 2.92. The van der Waals surface area contributed by atoms with Crippen LogP contribution in [0.5, 0.6) is 17.2 Å². The van der Waals surface area contributed by atoms with Gasteiger partial charge in [0.15, 0.2) is 5.92 Å². The maximum absolute atomic E-state index is 14.0. The molecule has 218 valence electrons. The summed E-state index contributed by atoms with van der Waals surface area (Å²) < 4.78 is 11.6. The van der Waals surface area contributed by atoms with Crippen LogP contribution in [0.2, 0.25) is 5.02 Å². The molecule has 4 aromatic rings. The zero-order chi connectivity index (χ0) is 30.7. The van der Waals surface area contributed by atoms with Crippen LogP contribution >= 0.6 is 11.6 Å². The lowest BCUT2D eigenvalue weighted by molar-refractivity contribution is -0.152. The highest BCUT2D eigenvalue weighted by Crippen LogP contribution is 2.44. The largest absolute Gasteiger partial charge is 0.507 e. The molecular formula is C36H37ClO5. The van der Waals surface area contributed by atoms with Gasteiger partial charge in [-0.3, -0.25) is 9.59 Å². The lowest BCUT2D eigenvalue weighted by Crippen LogP contribution is -2.37. The first-order valence-corrected chi connectivity index (χ1v) is 14.3. The van der Waals surface area contributed by atoms with Crippen molar-refractivity contribution in [2.24, 2.45) is 5.92 Å². The molecule has 5 nitrogen and oxygen atoms in total. The third kappa shape index (κ3) is 7.21. The number of hydrogen-bond acceptors (Lipinski definition) is 5. The number of esters is 2. The van der Waals surface area contributed by atoms with Gasteiger partial charge in [0.2, 0.25) is 0 Å². The number of phenolic OH excluding ortho intramolecular Hbond substituents is 1. The Labute approximate surface area is 253 Å². The zero-order valence-electron chi connectivity index (χ0n) is 24.9. The highest BCUT2D eigenvalue weighted by molar-refractivity contribution is 6.30. The summed E-state index contributed by atoms with van der Waals surface area (Å²) in [5, 5.41) is 11.9. The van der Waals surface area contributed by atoms with Gasteiger partial charge in [-0.05, 0) is 69.5 Å². The number of aromatic hydroxyl groups is 1. The maximum atomic E-state index is 14.0. The van der Waals surface area contributed by atoms with E-state index < -0.39 is 34.6 Å². The molecule has 4 rings (SSSR count). The number of carbonyl (C=O) groups excluding carboxylic acids is 2. The van der Waals surface area contributed by atoms with Gasteiger partial charge in [-0.1, -0.05) is 114 Å². The Kier molecular flexibility index (Phi) is 9.12. The molecule has 42 heavy (non-hydrogen) atoms. The number of hydrogen-bond donors (Lipinski definition) is 1. The van der Waals surface area contributed by atoms with Gasteiger partial charge in [-0.2, -0.15) is 0 Å². The summed E-state index contributed by atoms with van der Waals surface area (Å²) >= 11 is 6.26. The number of phenols is 1. The Bertz CT molecular complexity index is 1440. The molecule has 0 spiro atoms. The minimum atomic E-state index is -1.39. The van der Waals surface area contributed by atoms with Crippen molar-refractivity contribution in [3.8, 4) is 17.2 Å². The summed E-state index contributed by atoms with van der Waals surface area (Å²) in [6, 6.07) is 28.1. The minimum Gasteiger partial charge on any atom is -0.507 e. The van der Waals surface area contributed by atoms with Crippen LogP contribution in [-0.4, -0.2) is 17.0 Å². The third-order valence-electron chi connectivity index (χ3n) is 7.10. The van der Waals surface area contributed by atoms with Crippen LogP contribution in [0, 0.1) is 5.92 Å². The SMILES string of the molecule is CC(C)(C)c1cc([C@@H](c2ccc(Cl)cc2)C(C(=O)Oc2ccccc2)C(=O)Oc2ccccc2)cc(C(C)(C)C)c1O. The van der Waals surface area contributed by atoms with E-state index in [9.17, 15) is 14.7 Å². The fraction of sp³-hybridized carbons (Fsp3) is 0.278. The summed E-state index contributed by atoms with van der Waals surface area (Å²) in [7, 11) is 0. The molecular weight excluding hydrogens is 548 g/mol. The topological polar surface area (TPSA) is 72.8 Å². The monoisotopic (exact) mass is 584 g/mol. The Morgan fingerprint density at radius 2 is 1.05 bits per heavy atom. The molecule has 6 heteroatoms. The number of halogens is 1. The van der Waals surface area contributed by atoms with E-state index in [1.165, 1.54) is 0 Å². The first-order chi connectivity index (χ1) is 19.8. The summed E-state index contributed by atoms with van der Waals surface area (Å²) in [5.41, 5.74) is 1.88. The predicted octanol–water partition coefficient (Wildman–Crippen LogP) is 8.60. The number of benzene rings is 4. The average molecular weight is 585 g/mol. The van der Waals surface area contributed by atoms with E-state index in [-0.39, 0.29) is 5.75 Å². The van der Waals surface area contributed by atoms with E-state index >= 15 is 0 Å². The molecule has 0 aliphatic rings. The van der Waals surface area contributed by atoms with Gasteiger partial charge in [0.25, 0.3) is 0 Å². The van der Waals surface area contributed by atoms with Gasteiger partial charge in [0, 0.05) is 10.9 Å². The van der Waals surface area contributed by atoms with Crippen LogP contribution in [0.1, 0.15) is 69.7 Å². The normalized spacial score (nSPS) is 12.6. The Morgan fingerprint density at radius 1 is 0.643 bits per heavy atom. The number of ether oxygens (including phenoxy) is 2. The second kappa shape index (κ2) is 12.4. The van der Waals surface area contributed by atoms with Crippen LogP contribution in [0.25, 0.3) is 0 Å². The van der Waals surface area contributed by atoms with Crippen molar-refractivity contribution in [2.45, 2.75) is 58.3 Å². The Hall–Kier alpha value is -4.09. The second-order valence-corrected chi connectivity index (χ2v) is 12.9. The van der Waals surface area contributed by atoms with E-state index in [0.29, 0.717) is 38.8 Å². The lowest BCUT2D eigenvalue weighted by Gasteiger charge is -2.31. The molecule has 0 radical (unpaired) electrons. The van der Waals surface area contributed by atoms with Crippen molar-refractivity contribution < 1.29 is 24.2 Å². The Balaban J connectivity index is 1.97. The van der Waals surface area contributed by atoms with E-state index in [2.05, 4.69) is 0 Å². The molecule has 0 saturated carbocycles. The predicted molar refractivity (Wildman–Crippen MR) is 166 cm³/mol. The number of para-hydroxylation sites is 2.